The van der Waals surface area contributed by atoms with Gasteiger partial charge in [-0.15, -0.1) is 11.3 Å². The monoisotopic (exact) mass is 292 g/mol. The van der Waals surface area contributed by atoms with Crippen molar-refractivity contribution >= 4 is 17.5 Å². The number of carbonyl (C=O) groups is 1. The van der Waals surface area contributed by atoms with Crippen molar-refractivity contribution in [2.24, 2.45) is 0 Å². The molecule has 0 saturated carbocycles. The van der Waals surface area contributed by atoms with Crippen LogP contribution in [0.25, 0.3) is 0 Å². The van der Waals surface area contributed by atoms with Crippen LogP contribution in [-0.2, 0) is 24.1 Å². The highest BCUT2D eigenvalue weighted by atomic mass is 32.1. The lowest BCUT2D eigenvalue weighted by molar-refractivity contribution is 0.0466. The van der Waals surface area contributed by atoms with Crippen LogP contribution in [0.1, 0.15) is 27.3 Å². The lowest BCUT2D eigenvalue weighted by Gasteiger charge is -2.21. The maximum atomic E-state index is 10.6. The number of aromatic nitrogens is 2. The summed E-state index contributed by atoms with van der Waals surface area (Å²) < 4.78 is 6.96. The van der Waals surface area contributed by atoms with Gasteiger partial charge in [0, 0.05) is 28.6 Å². The normalized spacial score (nSPS) is 17.8. The number of fused-ring (bicyclic) bond motifs is 1. The maximum Gasteiger partial charge on any atom is 0.506 e. The Morgan fingerprint density at radius 3 is 3.20 bits per heavy atom. The third-order valence-electron chi connectivity index (χ3n) is 3.74. The summed E-state index contributed by atoms with van der Waals surface area (Å²) in [5.74, 6) is 0. The fourth-order valence-electron chi connectivity index (χ4n) is 2.71. The van der Waals surface area contributed by atoms with E-state index in [0.717, 1.165) is 19.4 Å². The molecule has 2 aromatic heterocycles. The first kappa shape index (κ1) is 13.2. The highest BCUT2D eigenvalue weighted by Crippen LogP contribution is 2.35. The predicted octanol–water partition coefficient (Wildman–Crippen LogP) is 2.85. The van der Waals surface area contributed by atoms with Crippen LogP contribution in [0, 0.1) is 6.92 Å². The average Bonchev–Trinajstić information content (AvgIpc) is 2.99. The topological polar surface area (TPSA) is 64.4 Å². The fraction of sp³-hybridized carbons (Fsp3) is 0.429. The second-order valence-corrected chi connectivity index (χ2v) is 6.23. The third kappa shape index (κ3) is 2.56. The standard InChI is InChI=1S/C14H16N2O3S/c1-9-11-3-2-10(19-14(17)18)6-12(11)20-13(9)7-16-5-4-15-8-16/h4-5,8,10H,2-3,6-7H2,1H3,(H,17,18). The summed E-state index contributed by atoms with van der Waals surface area (Å²) in [5, 5.41) is 8.72. The molecule has 0 saturated heterocycles. The molecular weight excluding hydrogens is 276 g/mol. The third-order valence-corrected chi connectivity index (χ3v) is 5.08. The van der Waals surface area contributed by atoms with E-state index in [-0.39, 0.29) is 6.10 Å². The Morgan fingerprint density at radius 1 is 1.65 bits per heavy atom. The molecule has 1 N–H and O–H groups in total. The molecule has 1 unspecified atom stereocenters. The minimum absolute atomic E-state index is 0.195. The van der Waals surface area contributed by atoms with Crippen LogP contribution in [0.4, 0.5) is 4.79 Å². The molecule has 2 aromatic rings. The molecular formula is C14H16N2O3S. The Labute approximate surface area is 120 Å². The van der Waals surface area contributed by atoms with E-state index < -0.39 is 6.16 Å². The van der Waals surface area contributed by atoms with Gasteiger partial charge in [0.25, 0.3) is 0 Å². The van der Waals surface area contributed by atoms with E-state index in [4.69, 9.17) is 9.84 Å². The van der Waals surface area contributed by atoms with Crippen molar-refractivity contribution in [1.82, 2.24) is 9.55 Å². The Bertz CT molecular complexity index is 619. The zero-order valence-corrected chi connectivity index (χ0v) is 12.0. The van der Waals surface area contributed by atoms with E-state index in [1.807, 2.05) is 12.5 Å². The Balaban J connectivity index is 1.80. The van der Waals surface area contributed by atoms with Gasteiger partial charge in [-0.1, -0.05) is 0 Å². The molecule has 5 nitrogen and oxygen atoms in total. The number of ether oxygens (including phenoxy) is 1. The Hall–Kier alpha value is -1.82. The van der Waals surface area contributed by atoms with Crippen molar-refractivity contribution in [3.63, 3.8) is 0 Å². The van der Waals surface area contributed by atoms with Crippen LogP contribution in [0.3, 0.4) is 0 Å². The summed E-state index contributed by atoms with van der Waals surface area (Å²) in [7, 11) is 0. The summed E-state index contributed by atoms with van der Waals surface area (Å²) in [4.78, 5) is 17.3. The smallest absolute Gasteiger partial charge is 0.450 e. The molecule has 1 aliphatic rings. The highest BCUT2D eigenvalue weighted by molar-refractivity contribution is 7.12. The van der Waals surface area contributed by atoms with E-state index >= 15 is 0 Å². The number of thiophene rings is 1. The molecule has 0 radical (unpaired) electrons. The summed E-state index contributed by atoms with van der Waals surface area (Å²) in [6.07, 6.45) is 6.56. The van der Waals surface area contributed by atoms with Crippen LogP contribution in [0.15, 0.2) is 18.7 Å². The number of hydrogen-bond donors (Lipinski definition) is 1. The minimum atomic E-state index is -1.18. The average molecular weight is 292 g/mol. The van der Waals surface area contributed by atoms with Gasteiger partial charge in [0.2, 0.25) is 0 Å². The molecule has 20 heavy (non-hydrogen) atoms. The largest absolute Gasteiger partial charge is 0.506 e. The molecule has 106 valence electrons. The Morgan fingerprint density at radius 2 is 2.50 bits per heavy atom. The number of carboxylic acid groups (broad SMARTS) is 1. The summed E-state index contributed by atoms with van der Waals surface area (Å²) in [6.45, 7) is 2.98. The molecule has 3 rings (SSSR count). The zero-order chi connectivity index (χ0) is 14.1. The van der Waals surface area contributed by atoms with Gasteiger partial charge in [-0.3, -0.25) is 0 Å². The van der Waals surface area contributed by atoms with Gasteiger partial charge in [-0.25, -0.2) is 9.78 Å². The van der Waals surface area contributed by atoms with Crippen molar-refractivity contribution in [3.8, 4) is 0 Å². The second kappa shape index (κ2) is 5.28. The van der Waals surface area contributed by atoms with Gasteiger partial charge in [0.15, 0.2) is 0 Å². The first-order chi connectivity index (χ1) is 9.63. The van der Waals surface area contributed by atoms with Crippen molar-refractivity contribution in [2.45, 2.75) is 38.8 Å². The molecule has 0 bridgehead atoms. The van der Waals surface area contributed by atoms with Crippen molar-refractivity contribution in [1.29, 1.82) is 0 Å². The van der Waals surface area contributed by atoms with Crippen molar-refractivity contribution in [2.75, 3.05) is 0 Å². The van der Waals surface area contributed by atoms with Crippen LogP contribution in [0.5, 0.6) is 0 Å². The van der Waals surface area contributed by atoms with Gasteiger partial charge in [-0.05, 0) is 30.9 Å². The molecule has 0 aliphatic heterocycles. The lowest BCUT2D eigenvalue weighted by Crippen LogP contribution is -2.23. The maximum absolute atomic E-state index is 10.6. The van der Waals surface area contributed by atoms with Crippen LogP contribution in [0.2, 0.25) is 0 Å². The van der Waals surface area contributed by atoms with Gasteiger partial charge in [0.05, 0.1) is 12.9 Å². The first-order valence-electron chi connectivity index (χ1n) is 6.59. The first-order valence-corrected chi connectivity index (χ1v) is 7.40. The van der Waals surface area contributed by atoms with Gasteiger partial charge in [0.1, 0.15) is 6.10 Å². The number of nitrogens with zero attached hydrogens (tertiary/aromatic N) is 2. The predicted molar refractivity (Wildman–Crippen MR) is 75.3 cm³/mol. The van der Waals surface area contributed by atoms with Crippen molar-refractivity contribution < 1.29 is 14.6 Å². The van der Waals surface area contributed by atoms with Gasteiger partial charge in [-0.2, -0.15) is 0 Å². The second-order valence-electron chi connectivity index (χ2n) is 5.04. The van der Waals surface area contributed by atoms with Gasteiger partial charge >= 0.3 is 6.16 Å². The lowest BCUT2D eigenvalue weighted by atomic mass is 9.93. The van der Waals surface area contributed by atoms with E-state index in [1.54, 1.807) is 17.5 Å². The molecule has 1 aliphatic carbocycles. The molecule has 0 aromatic carbocycles. The number of rotatable bonds is 3. The van der Waals surface area contributed by atoms with Crippen LogP contribution >= 0.6 is 11.3 Å². The minimum Gasteiger partial charge on any atom is -0.450 e. The van der Waals surface area contributed by atoms with Crippen LogP contribution in [-0.4, -0.2) is 26.9 Å². The van der Waals surface area contributed by atoms with Crippen molar-refractivity contribution in [3.05, 3.63) is 39.6 Å². The Kier molecular flexibility index (Phi) is 3.48. The van der Waals surface area contributed by atoms with E-state index in [2.05, 4.69) is 16.5 Å². The summed E-state index contributed by atoms with van der Waals surface area (Å²) >= 11 is 1.77. The van der Waals surface area contributed by atoms with E-state index in [9.17, 15) is 4.79 Å². The molecule has 0 amide bonds. The molecule has 0 fully saturated rings. The summed E-state index contributed by atoms with van der Waals surface area (Å²) in [6, 6.07) is 0. The van der Waals surface area contributed by atoms with E-state index in [1.165, 1.54) is 20.9 Å². The highest BCUT2D eigenvalue weighted by Gasteiger charge is 2.26. The molecule has 2 heterocycles. The SMILES string of the molecule is Cc1c(Cn2ccnc2)sc2c1CCC(OC(=O)O)C2. The molecule has 1 atom stereocenters. The van der Waals surface area contributed by atoms with Crippen LogP contribution < -0.4 is 0 Å². The number of hydrogen-bond acceptors (Lipinski definition) is 4. The fourth-order valence-corrected chi connectivity index (χ4v) is 4.15. The quantitative estimate of drug-likeness (QED) is 0.883. The molecule has 6 heteroatoms. The molecule has 0 spiro atoms. The van der Waals surface area contributed by atoms with Gasteiger partial charge < -0.3 is 14.4 Å². The van der Waals surface area contributed by atoms with E-state index in [0.29, 0.717) is 6.42 Å². The summed E-state index contributed by atoms with van der Waals surface area (Å²) in [5.41, 5.74) is 2.72. The zero-order valence-electron chi connectivity index (χ0n) is 11.2. The number of imidazole rings is 1.